The van der Waals surface area contributed by atoms with E-state index in [1.807, 2.05) is 35.4 Å². The van der Waals surface area contributed by atoms with Gasteiger partial charge in [-0.2, -0.15) is 10.1 Å². The smallest absolute Gasteiger partial charge is 0.298 e. The predicted molar refractivity (Wildman–Crippen MR) is 133 cm³/mol. The first-order chi connectivity index (χ1) is 17.1. The first-order valence-corrected chi connectivity index (χ1v) is 11.8. The van der Waals surface area contributed by atoms with Gasteiger partial charge in [0.2, 0.25) is 0 Å². The minimum absolute atomic E-state index is 0.00882. The fourth-order valence-corrected chi connectivity index (χ4v) is 4.67. The van der Waals surface area contributed by atoms with Gasteiger partial charge >= 0.3 is 0 Å². The van der Waals surface area contributed by atoms with Gasteiger partial charge in [-0.05, 0) is 49.7 Å². The Hall–Kier alpha value is -3.98. The van der Waals surface area contributed by atoms with Crippen LogP contribution in [0, 0.1) is 0 Å². The lowest BCUT2D eigenvalue weighted by molar-refractivity contribution is 0.0707. The van der Waals surface area contributed by atoms with Gasteiger partial charge in [0, 0.05) is 49.3 Å². The molecule has 35 heavy (non-hydrogen) atoms. The molecule has 6 rings (SSSR count). The van der Waals surface area contributed by atoms with E-state index in [0.717, 1.165) is 24.0 Å². The summed E-state index contributed by atoms with van der Waals surface area (Å²) in [6.07, 6.45) is 5.90. The molecule has 1 saturated heterocycles. The van der Waals surface area contributed by atoms with Crippen molar-refractivity contribution in [2.75, 3.05) is 24.5 Å². The highest BCUT2D eigenvalue weighted by Gasteiger charge is 2.32. The number of rotatable bonds is 3. The first-order valence-electron chi connectivity index (χ1n) is 11.5. The molecule has 1 amide bonds. The molecular weight excluding hydrogens is 466 g/mol. The molecular formula is C25H22ClN7O2. The lowest BCUT2D eigenvalue weighted by atomic mass is 10.1. The van der Waals surface area contributed by atoms with Crippen LogP contribution in [0.25, 0.3) is 28.1 Å². The molecule has 1 aromatic carbocycles. The van der Waals surface area contributed by atoms with E-state index in [-0.39, 0.29) is 11.9 Å². The molecule has 1 aliphatic heterocycles. The van der Waals surface area contributed by atoms with Crippen LogP contribution in [0.4, 0.5) is 6.01 Å². The van der Waals surface area contributed by atoms with Crippen molar-refractivity contribution in [1.29, 1.82) is 0 Å². The van der Waals surface area contributed by atoms with Crippen LogP contribution in [0.2, 0.25) is 5.02 Å². The highest BCUT2D eigenvalue weighted by Crippen LogP contribution is 2.29. The van der Waals surface area contributed by atoms with Crippen LogP contribution < -0.4 is 4.90 Å². The molecule has 4 aromatic heterocycles. The van der Waals surface area contributed by atoms with Crippen molar-refractivity contribution in [3.05, 3.63) is 71.6 Å². The summed E-state index contributed by atoms with van der Waals surface area (Å²) in [4.78, 5) is 31.3. The van der Waals surface area contributed by atoms with Crippen molar-refractivity contribution in [3.8, 4) is 11.5 Å². The van der Waals surface area contributed by atoms with E-state index >= 15 is 0 Å². The number of pyridine rings is 1. The van der Waals surface area contributed by atoms with Crippen molar-refractivity contribution >= 4 is 40.1 Å². The number of benzene rings is 1. The Balaban J connectivity index is 1.33. The number of amides is 1. The molecule has 0 radical (unpaired) electrons. The predicted octanol–water partition coefficient (Wildman–Crippen LogP) is 4.33. The van der Waals surface area contributed by atoms with Crippen LogP contribution in [0.15, 0.2) is 65.5 Å². The monoisotopic (exact) mass is 487 g/mol. The van der Waals surface area contributed by atoms with Crippen molar-refractivity contribution in [2.45, 2.75) is 19.4 Å². The molecule has 10 heteroatoms. The summed E-state index contributed by atoms with van der Waals surface area (Å²) in [5.41, 5.74) is 3.12. The molecule has 1 aliphatic rings. The number of hydrogen-bond donors (Lipinski definition) is 0. The number of carbonyl (C=O) groups excluding carboxylic acids is 1. The van der Waals surface area contributed by atoms with Gasteiger partial charge in [-0.1, -0.05) is 17.7 Å². The Labute approximate surface area is 206 Å². The lowest BCUT2D eigenvalue weighted by Crippen LogP contribution is -2.40. The molecule has 0 N–H and O–H groups in total. The van der Waals surface area contributed by atoms with E-state index in [1.54, 1.807) is 35.1 Å². The van der Waals surface area contributed by atoms with Gasteiger partial charge in [-0.25, -0.2) is 14.5 Å². The Morgan fingerprint density at radius 3 is 2.80 bits per heavy atom. The van der Waals surface area contributed by atoms with Crippen LogP contribution in [0.5, 0.6) is 0 Å². The molecule has 0 spiro atoms. The molecule has 5 aromatic rings. The number of anilines is 1. The average Bonchev–Trinajstić information content (AvgIpc) is 3.41. The van der Waals surface area contributed by atoms with Gasteiger partial charge in [0.05, 0.1) is 11.1 Å². The topological polar surface area (TPSA) is 92.7 Å². The van der Waals surface area contributed by atoms with Crippen LogP contribution in [0.1, 0.15) is 23.7 Å². The maximum atomic E-state index is 14.0. The number of carbonyl (C=O) groups is 1. The third-order valence-corrected chi connectivity index (χ3v) is 6.60. The standard InChI is InChI=1S/C25H22ClN7O2/c1-16-8-12-31(25-29-18-15-17(26)6-7-20(18)35-25)13-14-32(16)24(34)21-19-5-2-3-11-33(19)30-22(21)23-27-9-4-10-28-23/h2-7,9-11,15-16H,8,12-14H2,1H3/t16-/m1/s1. The second-order valence-corrected chi connectivity index (χ2v) is 8.99. The van der Waals surface area contributed by atoms with E-state index in [4.69, 9.17) is 16.0 Å². The largest absolute Gasteiger partial charge is 0.423 e. The summed E-state index contributed by atoms with van der Waals surface area (Å²) < 4.78 is 7.68. The third kappa shape index (κ3) is 3.87. The fraction of sp³-hybridized carbons (Fsp3) is 0.240. The maximum absolute atomic E-state index is 14.0. The molecule has 0 saturated carbocycles. The molecule has 1 fully saturated rings. The fourth-order valence-electron chi connectivity index (χ4n) is 4.51. The van der Waals surface area contributed by atoms with Gasteiger partial charge in [0.1, 0.15) is 11.2 Å². The highest BCUT2D eigenvalue weighted by molar-refractivity contribution is 6.31. The second kappa shape index (κ2) is 8.66. The van der Waals surface area contributed by atoms with Crippen molar-refractivity contribution < 1.29 is 9.21 Å². The molecule has 5 heterocycles. The normalized spacial score (nSPS) is 16.7. The summed E-state index contributed by atoms with van der Waals surface area (Å²) in [6.45, 7) is 3.89. The SMILES string of the molecule is C[C@@H]1CCN(c2nc3cc(Cl)ccc3o2)CCN1C(=O)c1c(-c2ncccn2)nn2ccccc12. The Morgan fingerprint density at radius 1 is 1.09 bits per heavy atom. The summed E-state index contributed by atoms with van der Waals surface area (Å²) in [7, 11) is 0. The number of oxazole rings is 1. The molecule has 0 unspecified atom stereocenters. The molecule has 176 valence electrons. The summed E-state index contributed by atoms with van der Waals surface area (Å²) in [5.74, 6) is 0.334. The minimum Gasteiger partial charge on any atom is -0.423 e. The molecule has 0 bridgehead atoms. The van der Waals surface area contributed by atoms with Crippen LogP contribution in [-0.2, 0) is 0 Å². The van der Waals surface area contributed by atoms with Crippen LogP contribution >= 0.6 is 11.6 Å². The van der Waals surface area contributed by atoms with E-state index in [2.05, 4.69) is 31.9 Å². The first kappa shape index (κ1) is 21.5. The zero-order valence-electron chi connectivity index (χ0n) is 19.0. The van der Waals surface area contributed by atoms with Gasteiger partial charge in [-0.3, -0.25) is 4.79 Å². The Morgan fingerprint density at radius 2 is 1.94 bits per heavy atom. The van der Waals surface area contributed by atoms with E-state index in [1.165, 1.54) is 0 Å². The number of halogens is 1. The van der Waals surface area contributed by atoms with E-state index in [9.17, 15) is 4.79 Å². The Kier molecular flexibility index (Phi) is 5.33. The van der Waals surface area contributed by atoms with Gasteiger partial charge in [0.15, 0.2) is 11.4 Å². The number of fused-ring (bicyclic) bond motifs is 2. The number of nitrogens with zero attached hydrogens (tertiary/aromatic N) is 7. The Bertz CT molecular complexity index is 1530. The van der Waals surface area contributed by atoms with Crippen LogP contribution in [-0.4, -0.2) is 61.0 Å². The zero-order valence-corrected chi connectivity index (χ0v) is 19.8. The van der Waals surface area contributed by atoms with Crippen molar-refractivity contribution in [1.82, 2.24) is 29.5 Å². The molecule has 0 aliphatic carbocycles. The highest BCUT2D eigenvalue weighted by atomic mass is 35.5. The van der Waals surface area contributed by atoms with Gasteiger partial charge in [-0.15, -0.1) is 0 Å². The molecule has 9 nitrogen and oxygen atoms in total. The third-order valence-electron chi connectivity index (χ3n) is 6.36. The summed E-state index contributed by atoms with van der Waals surface area (Å²) >= 11 is 6.11. The van der Waals surface area contributed by atoms with Crippen LogP contribution in [0.3, 0.4) is 0 Å². The quantitative estimate of drug-likeness (QED) is 0.374. The van der Waals surface area contributed by atoms with Gasteiger partial charge in [0.25, 0.3) is 11.9 Å². The second-order valence-electron chi connectivity index (χ2n) is 8.56. The van der Waals surface area contributed by atoms with Gasteiger partial charge < -0.3 is 14.2 Å². The minimum atomic E-state index is -0.0904. The number of aromatic nitrogens is 5. The molecule has 1 atom stereocenters. The maximum Gasteiger partial charge on any atom is 0.298 e. The van der Waals surface area contributed by atoms with Crippen molar-refractivity contribution in [3.63, 3.8) is 0 Å². The van der Waals surface area contributed by atoms with Crippen molar-refractivity contribution in [2.24, 2.45) is 0 Å². The summed E-state index contributed by atoms with van der Waals surface area (Å²) in [6, 6.07) is 13.4. The lowest BCUT2D eigenvalue weighted by Gasteiger charge is -2.26. The van der Waals surface area contributed by atoms with E-state index < -0.39 is 0 Å². The number of hydrogen-bond acceptors (Lipinski definition) is 7. The summed E-state index contributed by atoms with van der Waals surface area (Å²) in [5, 5.41) is 5.26. The zero-order chi connectivity index (χ0) is 23.9. The van der Waals surface area contributed by atoms with E-state index in [0.29, 0.717) is 46.8 Å². The average molecular weight is 488 g/mol.